The van der Waals surface area contributed by atoms with Gasteiger partial charge in [-0.1, -0.05) is 11.6 Å². The van der Waals surface area contributed by atoms with Crippen LogP contribution in [0, 0.1) is 13.8 Å². The standard InChI is InChI=1S/C12H15N/c1-8-4-11-5-9(2)10(3)6-12(11)13-7-8/h4-6,13H,7H2,1-3H3. The number of anilines is 1. The fourth-order valence-electron chi connectivity index (χ4n) is 1.66. The van der Waals surface area contributed by atoms with Gasteiger partial charge in [0, 0.05) is 12.2 Å². The molecule has 0 aromatic heterocycles. The third kappa shape index (κ3) is 1.46. The Kier molecular flexibility index (Phi) is 1.87. The zero-order valence-corrected chi connectivity index (χ0v) is 8.44. The zero-order valence-electron chi connectivity index (χ0n) is 8.44. The third-order valence-electron chi connectivity index (χ3n) is 2.63. The lowest BCUT2D eigenvalue weighted by Gasteiger charge is -2.18. The summed E-state index contributed by atoms with van der Waals surface area (Å²) in [5.74, 6) is 0. The van der Waals surface area contributed by atoms with Gasteiger partial charge in [-0.2, -0.15) is 0 Å². The van der Waals surface area contributed by atoms with Crippen molar-refractivity contribution >= 4 is 11.8 Å². The van der Waals surface area contributed by atoms with Crippen LogP contribution in [-0.2, 0) is 0 Å². The Morgan fingerprint density at radius 2 is 1.77 bits per heavy atom. The minimum atomic E-state index is 0.982. The van der Waals surface area contributed by atoms with Crippen molar-refractivity contribution in [3.63, 3.8) is 0 Å². The summed E-state index contributed by atoms with van der Waals surface area (Å²) in [6.45, 7) is 7.45. The fraction of sp³-hybridized carbons (Fsp3) is 0.333. The number of nitrogens with one attached hydrogen (secondary N) is 1. The van der Waals surface area contributed by atoms with Gasteiger partial charge in [0.05, 0.1) is 0 Å². The van der Waals surface area contributed by atoms with Crippen molar-refractivity contribution in [3.05, 3.63) is 34.4 Å². The first-order valence-electron chi connectivity index (χ1n) is 4.69. The van der Waals surface area contributed by atoms with Gasteiger partial charge in [0.1, 0.15) is 0 Å². The van der Waals surface area contributed by atoms with Crippen LogP contribution in [0.2, 0.25) is 0 Å². The first kappa shape index (κ1) is 8.36. The second-order valence-electron chi connectivity index (χ2n) is 3.87. The van der Waals surface area contributed by atoms with E-state index in [2.05, 4.69) is 44.3 Å². The average Bonchev–Trinajstić information content (AvgIpc) is 2.08. The van der Waals surface area contributed by atoms with E-state index in [1.54, 1.807) is 0 Å². The van der Waals surface area contributed by atoms with E-state index in [9.17, 15) is 0 Å². The summed E-state index contributed by atoms with van der Waals surface area (Å²) >= 11 is 0. The maximum absolute atomic E-state index is 3.41. The topological polar surface area (TPSA) is 12.0 Å². The van der Waals surface area contributed by atoms with Crippen molar-refractivity contribution in [3.8, 4) is 0 Å². The monoisotopic (exact) mass is 173 g/mol. The maximum atomic E-state index is 3.41. The van der Waals surface area contributed by atoms with Crippen LogP contribution in [-0.4, -0.2) is 6.54 Å². The lowest BCUT2D eigenvalue weighted by Crippen LogP contribution is -2.09. The molecule has 0 fully saturated rings. The van der Waals surface area contributed by atoms with E-state index in [1.807, 2.05) is 0 Å². The largest absolute Gasteiger partial charge is 0.381 e. The van der Waals surface area contributed by atoms with Gasteiger partial charge in [0.25, 0.3) is 0 Å². The van der Waals surface area contributed by atoms with Crippen LogP contribution in [0.1, 0.15) is 23.6 Å². The summed E-state index contributed by atoms with van der Waals surface area (Å²) in [7, 11) is 0. The predicted octanol–water partition coefficient (Wildman–Crippen LogP) is 3.13. The molecule has 1 aromatic rings. The van der Waals surface area contributed by atoms with Crippen LogP contribution in [0.5, 0.6) is 0 Å². The lowest BCUT2D eigenvalue weighted by molar-refractivity contribution is 1.18. The van der Waals surface area contributed by atoms with Crippen LogP contribution in [0.4, 0.5) is 5.69 Å². The van der Waals surface area contributed by atoms with Crippen molar-refractivity contribution in [2.75, 3.05) is 11.9 Å². The molecule has 68 valence electrons. The van der Waals surface area contributed by atoms with Crippen LogP contribution < -0.4 is 5.32 Å². The van der Waals surface area contributed by atoms with Crippen LogP contribution in [0.25, 0.3) is 6.08 Å². The Morgan fingerprint density at radius 3 is 2.54 bits per heavy atom. The molecule has 13 heavy (non-hydrogen) atoms. The van der Waals surface area contributed by atoms with Gasteiger partial charge < -0.3 is 5.32 Å². The predicted molar refractivity (Wildman–Crippen MR) is 58.1 cm³/mol. The Labute approximate surface area is 79.5 Å². The van der Waals surface area contributed by atoms with Crippen molar-refractivity contribution in [1.29, 1.82) is 0 Å². The Bertz CT molecular complexity index is 375. The number of rotatable bonds is 0. The molecule has 1 aromatic carbocycles. The van der Waals surface area contributed by atoms with Gasteiger partial charge >= 0.3 is 0 Å². The first-order chi connectivity index (χ1) is 6.16. The minimum absolute atomic E-state index is 0.982. The molecule has 0 unspecified atom stereocenters. The second kappa shape index (κ2) is 2.91. The maximum Gasteiger partial charge on any atom is 0.0419 e. The van der Waals surface area contributed by atoms with Crippen molar-refractivity contribution in [1.82, 2.24) is 0 Å². The molecule has 2 rings (SSSR count). The van der Waals surface area contributed by atoms with E-state index in [1.165, 1.54) is 28.0 Å². The third-order valence-corrected chi connectivity index (χ3v) is 2.63. The van der Waals surface area contributed by atoms with Gasteiger partial charge in [0.2, 0.25) is 0 Å². The van der Waals surface area contributed by atoms with Gasteiger partial charge in [-0.15, -0.1) is 0 Å². The number of aryl methyl sites for hydroxylation is 2. The number of benzene rings is 1. The molecule has 0 atom stereocenters. The molecule has 1 N–H and O–H groups in total. The van der Waals surface area contributed by atoms with E-state index in [4.69, 9.17) is 0 Å². The highest BCUT2D eigenvalue weighted by atomic mass is 14.9. The highest BCUT2D eigenvalue weighted by molar-refractivity contribution is 5.73. The zero-order chi connectivity index (χ0) is 9.42. The Hall–Kier alpha value is -1.24. The van der Waals surface area contributed by atoms with E-state index >= 15 is 0 Å². The van der Waals surface area contributed by atoms with Crippen LogP contribution in [0.3, 0.4) is 0 Å². The van der Waals surface area contributed by atoms with E-state index in [0.29, 0.717) is 0 Å². The molecule has 1 heteroatoms. The molecular formula is C12H15N. The van der Waals surface area contributed by atoms with Crippen molar-refractivity contribution in [2.24, 2.45) is 0 Å². The quantitative estimate of drug-likeness (QED) is 0.635. The molecule has 0 bridgehead atoms. The lowest BCUT2D eigenvalue weighted by atomic mass is 10.00. The molecule has 0 saturated heterocycles. The summed E-state index contributed by atoms with van der Waals surface area (Å²) in [4.78, 5) is 0. The van der Waals surface area contributed by atoms with Crippen molar-refractivity contribution < 1.29 is 0 Å². The van der Waals surface area contributed by atoms with Crippen LogP contribution in [0.15, 0.2) is 17.7 Å². The summed E-state index contributed by atoms with van der Waals surface area (Å²) in [5, 5.41) is 3.41. The minimum Gasteiger partial charge on any atom is -0.381 e. The van der Waals surface area contributed by atoms with E-state index < -0.39 is 0 Å². The SMILES string of the molecule is CC1=Cc2cc(C)c(C)cc2NC1. The number of hydrogen-bond donors (Lipinski definition) is 1. The normalized spacial score (nSPS) is 14.5. The van der Waals surface area contributed by atoms with Crippen molar-refractivity contribution in [2.45, 2.75) is 20.8 Å². The molecule has 0 radical (unpaired) electrons. The summed E-state index contributed by atoms with van der Waals surface area (Å²) in [6, 6.07) is 4.48. The molecule has 1 aliphatic heterocycles. The van der Waals surface area contributed by atoms with Gasteiger partial charge in [-0.05, 0) is 49.6 Å². The molecule has 0 saturated carbocycles. The van der Waals surface area contributed by atoms with E-state index in [0.717, 1.165) is 6.54 Å². The fourth-order valence-corrected chi connectivity index (χ4v) is 1.66. The molecule has 0 aliphatic carbocycles. The molecular weight excluding hydrogens is 158 g/mol. The first-order valence-corrected chi connectivity index (χ1v) is 4.69. The van der Waals surface area contributed by atoms with Gasteiger partial charge in [-0.25, -0.2) is 0 Å². The second-order valence-corrected chi connectivity index (χ2v) is 3.87. The summed E-state index contributed by atoms with van der Waals surface area (Å²) < 4.78 is 0. The smallest absolute Gasteiger partial charge is 0.0419 e. The Balaban J connectivity index is 2.57. The van der Waals surface area contributed by atoms with Crippen LogP contribution >= 0.6 is 0 Å². The number of fused-ring (bicyclic) bond motifs is 1. The molecule has 0 spiro atoms. The van der Waals surface area contributed by atoms with Gasteiger partial charge in [-0.3, -0.25) is 0 Å². The molecule has 1 nitrogen and oxygen atoms in total. The molecule has 1 aliphatic rings. The summed E-state index contributed by atoms with van der Waals surface area (Å²) in [6.07, 6.45) is 2.26. The highest BCUT2D eigenvalue weighted by Crippen LogP contribution is 2.26. The number of hydrogen-bond acceptors (Lipinski definition) is 1. The summed E-state index contributed by atoms with van der Waals surface area (Å²) in [5.41, 5.74) is 6.72. The molecule has 1 heterocycles. The highest BCUT2D eigenvalue weighted by Gasteiger charge is 2.07. The molecule has 0 amide bonds. The average molecular weight is 173 g/mol. The van der Waals surface area contributed by atoms with Gasteiger partial charge in [0.15, 0.2) is 0 Å². The van der Waals surface area contributed by atoms with E-state index in [-0.39, 0.29) is 0 Å². The Morgan fingerprint density at radius 1 is 1.08 bits per heavy atom.